The predicted molar refractivity (Wildman–Crippen MR) is 70.9 cm³/mol. The number of aromatic amines is 1. The standard InChI is InChI=1S/C13H18ClN3O/c14-10-7-11(16-8-10)12(18)17-6-3-13(9-17)1-4-15-5-2-13/h7-8,15-16H,1-6,9H2. The first kappa shape index (κ1) is 12.1. The minimum Gasteiger partial charge on any atom is -0.356 e. The highest BCUT2D eigenvalue weighted by atomic mass is 35.5. The summed E-state index contributed by atoms with van der Waals surface area (Å²) in [6.07, 6.45) is 5.16. The van der Waals surface area contributed by atoms with Crippen LogP contribution in [-0.2, 0) is 0 Å². The van der Waals surface area contributed by atoms with Gasteiger partial charge in [0.1, 0.15) is 5.69 Å². The molecule has 0 bridgehead atoms. The van der Waals surface area contributed by atoms with E-state index in [-0.39, 0.29) is 5.91 Å². The molecule has 0 aromatic carbocycles. The van der Waals surface area contributed by atoms with Crippen LogP contribution in [0.4, 0.5) is 0 Å². The molecule has 2 aliphatic rings. The van der Waals surface area contributed by atoms with Crippen LogP contribution in [0.15, 0.2) is 12.3 Å². The molecule has 0 atom stereocenters. The molecule has 4 nitrogen and oxygen atoms in total. The summed E-state index contributed by atoms with van der Waals surface area (Å²) in [7, 11) is 0. The molecule has 2 saturated heterocycles. The summed E-state index contributed by atoms with van der Waals surface area (Å²) in [5.74, 6) is 0.0808. The fraction of sp³-hybridized carbons (Fsp3) is 0.615. The van der Waals surface area contributed by atoms with Gasteiger partial charge in [0.2, 0.25) is 0 Å². The lowest BCUT2D eigenvalue weighted by Gasteiger charge is -2.33. The van der Waals surface area contributed by atoms with Crippen LogP contribution in [0.2, 0.25) is 5.02 Å². The van der Waals surface area contributed by atoms with Crippen LogP contribution >= 0.6 is 11.6 Å². The molecule has 1 aromatic rings. The fourth-order valence-corrected chi connectivity index (χ4v) is 3.30. The number of likely N-dealkylation sites (tertiary alicyclic amines) is 1. The zero-order chi connectivity index (χ0) is 12.6. The van der Waals surface area contributed by atoms with Crippen molar-refractivity contribution in [2.75, 3.05) is 26.2 Å². The fourth-order valence-electron chi connectivity index (χ4n) is 3.14. The Balaban J connectivity index is 1.70. The molecule has 1 amide bonds. The Morgan fingerprint density at radius 2 is 2.11 bits per heavy atom. The lowest BCUT2D eigenvalue weighted by molar-refractivity contribution is 0.0757. The van der Waals surface area contributed by atoms with Gasteiger partial charge in [0.15, 0.2) is 0 Å². The number of aromatic nitrogens is 1. The quantitative estimate of drug-likeness (QED) is 0.816. The van der Waals surface area contributed by atoms with E-state index in [1.54, 1.807) is 12.3 Å². The van der Waals surface area contributed by atoms with Crippen molar-refractivity contribution in [3.05, 3.63) is 23.0 Å². The van der Waals surface area contributed by atoms with Gasteiger partial charge < -0.3 is 15.2 Å². The highest BCUT2D eigenvalue weighted by molar-refractivity contribution is 6.30. The monoisotopic (exact) mass is 267 g/mol. The molecule has 3 rings (SSSR count). The molecule has 0 aliphatic carbocycles. The van der Waals surface area contributed by atoms with Gasteiger partial charge in [-0.05, 0) is 43.8 Å². The summed E-state index contributed by atoms with van der Waals surface area (Å²) in [6, 6.07) is 1.71. The zero-order valence-electron chi connectivity index (χ0n) is 10.3. The maximum atomic E-state index is 12.3. The summed E-state index contributed by atoms with van der Waals surface area (Å²) < 4.78 is 0. The molecule has 2 aliphatic heterocycles. The van der Waals surface area contributed by atoms with Crippen molar-refractivity contribution in [2.45, 2.75) is 19.3 Å². The SMILES string of the molecule is O=C(c1cc(Cl)c[nH]1)N1CCC2(CCNCC2)C1. The van der Waals surface area contributed by atoms with Crippen LogP contribution in [0.25, 0.3) is 0 Å². The molecule has 3 heterocycles. The van der Waals surface area contributed by atoms with Crippen LogP contribution in [0, 0.1) is 5.41 Å². The number of rotatable bonds is 1. The van der Waals surface area contributed by atoms with Crippen molar-refractivity contribution >= 4 is 17.5 Å². The third-order valence-electron chi connectivity index (χ3n) is 4.27. The van der Waals surface area contributed by atoms with Gasteiger partial charge in [0.25, 0.3) is 5.91 Å². The second-order valence-electron chi connectivity index (χ2n) is 5.46. The van der Waals surface area contributed by atoms with E-state index in [0.29, 0.717) is 16.1 Å². The molecule has 18 heavy (non-hydrogen) atoms. The van der Waals surface area contributed by atoms with Crippen molar-refractivity contribution in [3.8, 4) is 0 Å². The molecule has 5 heteroatoms. The van der Waals surface area contributed by atoms with Gasteiger partial charge in [0, 0.05) is 19.3 Å². The number of carbonyl (C=O) groups is 1. The lowest BCUT2D eigenvalue weighted by Crippen LogP contribution is -2.39. The zero-order valence-corrected chi connectivity index (χ0v) is 11.1. The van der Waals surface area contributed by atoms with E-state index in [1.165, 1.54) is 12.8 Å². The molecule has 1 spiro atoms. The number of halogens is 1. The summed E-state index contributed by atoms with van der Waals surface area (Å²) in [5.41, 5.74) is 0.961. The molecular formula is C13H18ClN3O. The van der Waals surface area contributed by atoms with Gasteiger partial charge in [0.05, 0.1) is 5.02 Å². The van der Waals surface area contributed by atoms with Crippen molar-refractivity contribution in [3.63, 3.8) is 0 Å². The van der Waals surface area contributed by atoms with Gasteiger partial charge in [-0.25, -0.2) is 0 Å². The summed E-state index contributed by atoms with van der Waals surface area (Å²) in [5, 5.41) is 3.98. The van der Waals surface area contributed by atoms with Crippen molar-refractivity contribution < 1.29 is 4.79 Å². The van der Waals surface area contributed by atoms with E-state index < -0.39 is 0 Å². The van der Waals surface area contributed by atoms with Gasteiger partial charge in [-0.2, -0.15) is 0 Å². The Bertz CT molecular complexity index is 451. The Hall–Kier alpha value is -1.00. The molecule has 2 N–H and O–H groups in total. The minimum absolute atomic E-state index is 0.0808. The Labute approximate surface area is 112 Å². The number of H-pyrrole nitrogens is 1. The van der Waals surface area contributed by atoms with E-state index in [0.717, 1.165) is 32.6 Å². The van der Waals surface area contributed by atoms with Crippen molar-refractivity contribution in [2.24, 2.45) is 5.41 Å². The number of hydrogen-bond donors (Lipinski definition) is 2. The number of piperidine rings is 1. The number of hydrogen-bond acceptors (Lipinski definition) is 2. The third-order valence-corrected chi connectivity index (χ3v) is 4.49. The number of carbonyl (C=O) groups excluding carboxylic acids is 1. The Morgan fingerprint density at radius 3 is 2.78 bits per heavy atom. The second kappa shape index (κ2) is 4.59. The van der Waals surface area contributed by atoms with Gasteiger partial charge in [-0.1, -0.05) is 11.6 Å². The smallest absolute Gasteiger partial charge is 0.270 e. The van der Waals surface area contributed by atoms with Crippen molar-refractivity contribution in [1.29, 1.82) is 0 Å². The first-order valence-electron chi connectivity index (χ1n) is 6.53. The van der Waals surface area contributed by atoms with E-state index in [9.17, 15) is 4.79 Å². The van der Waals surface area contributed by atoms with Gasteiger partial charge >= 0.3 is 0 Å². The maximum absolute atomic E-state index is 12.3. The first-order valence-corrected chi connectivity index (χ1v) is 6.90. The van der Waals surface area contributed by atoms with E-state index >= 15 is 0 Å². The summed E-state index contributed by atoms with van der Waals surface area (Å²) in [6.45, 7) is 3.92. The molecular weight excluding hydrogens is 250 g/mol. The predicted octanol–water partition coefficient (Wildman–Crippen LogP) is 1.88. The first-order chi connectivity index (χ1) is 8.69. The summed E-state index contributed by atoms with van der Waals surface area (Å²) in [4.78, 5) is 17.2. The van der Waals surface area contributed by atoms with Crippen LogP contribution in [-0.4, -0.2) is 42.0 Å². The maximum Gasteiger partial charge on any atom is 0.270 e. The number of nitrogens with one attached hydrogen (secondary N) is 2. The van der Waals surface area contributed by atoms with E-state index in [1.807, 2.05) is 4.90 Å². The minimum atomic E-state index is 0.0808. The average molecular weight is 268 g/mol. The normalized spacial score (nSPS) is 22.6. The third kappa shape index (κ3) is 2.15. The lowest BCUT2D eigenvalue weighted by atomic mass is 9.78. The number of amides is 1. The average Bonchev–Trinajstić information content (AvgIpc) is 2.97. The Morgan fingerprint density at radius 1 is 1.33 bits per heavy atom. The second-order valence-corrected chi connectivity index (χ2v) is 5.89. The van der Waals surface area contributed by atoms with Crippen LogP contribution in [0.3, 0.4) is 0 Å². The highest BCUT2D eigenvalue weighted by Crippen LogP contribution is 2.38. The molecule has 1 aromatic heterocycles. The van der Waals surface area contributed by atoms with E-state index in [2.05, 4.69) is 10.3 Å². The van der Waals surface area contributed by atoms with Crippen LogP contribution < -0.4 is 5.32 Å². The number of nitrogens with zero attached hydrogens (tertiary/aromatic N) is 1. The van der Waals surface area contributed by atoms with E-state index in [4.69, 9.17) is 11.6 Å². The molecule has 0 unspecified atom stereocenters. The Kier molecular flexibility index (Phi) is 3.08. The molecule has 2 fully saturated rings. The van der Waals surface area contributed by atoms with Gasteiger partial charge in [-0.15, -0.1) is 0 Å². The molecule has 0 saturated carbocycles. The summed E-state index contributed by atoms with van der Waals surface area (Å²) >= 11 is 5.84. The molecule has 98 valence electrons. The topological polar surface area (TPSA) is 48.1 Å². The van der Waals surface area contributed by atoms with Gasteiger partial charge in [-0.3, -0.25) is 4.79 Å². The van der Waals surface area contributed by atoms with Crippen molar-refractivity contribution in [1.82, 2.24) is 15.2 Å². The molecule has 0 radical (unpaired) electrons. The highest BCUT2D eigenvalue weighted by Gasteiger charge is 2.40. The van der Waals surface area contributed by atoms with Crippen LogP contribution in [0.1, 0.15) is 29.8 Å². The van der Waals surface area contributed by atoms with Crippen LogP contribution in [0.5, 0.6) is 0 Å². The largest absolute Gasteiger partial charge is 0.356 e.